The van der Waals surface area contributed by atoms with Gasteiger partial charge in [-0.15, -0.1) is 0 Å². The summed E-state index contributed by atoms with van der Waals surface area (Å²) in [6.07, 6.45) is 7.63. The monoisotopic (exact) mass is 546 g/mol. The molecule has 208 valence electrons. The summed E-state index contributed by atoms with van der Waals surface area (Å²) >= 11 is 0. The van der Waals surface area contributed by atoms with Gasteiger partial charge in [0.1, 0.15) is 5.82 Å². The molecule has 1 aliphatic rings. The number of rotatable bonds is 7. The van der Waals surface area contributed by atoms with Gasteiger partial charge in [0.25, 0.3) is 0 Å². The predicted molar refractivity (Wildman–Crippen MR) is 164 cm³/mol. The first-order valence-electron chi connectivity index (χ1n) is 13.7. The summed E-state index contributed by atoms with van der Waals surface area (Å²) in [7, 11) is 0. The van der Waals surface area contributed by atoms with Crippen LogP contribution in [-0.4, -0.2) is 32.1 Å². The van der Waals surface area contributed by atoms with E-state index >= 15 is 0 Å². The van der Waals surface area contributed by atoms with Gasteiger partial charge >= 0.3 is 11.9 Å². The minimum atomic E-state index is -0.994. The van der Waals surface area contributed by atoms with E-state index in [1.54, 1.807) is 12.2 Å². The first-order chi connectivity index (χ1) is 19.4. The number of aromatic amines is 1. The van der Waals surface area contributed by atoms with Gasteiger partial charge in [-0.25, -0.2) is 14.6 Å². The van der Waals surface area contributed by atoms with Gasteiger partial charge in [-0.1, -0.05) is 88.4 Å². The van der Waals surface area contributed by atoms with Crippen molar-refractivity contribution in [1.29, 1.82) is 0 Å². The Balaban J connectivity index is 1.61. The Kier molecular flexibility index (Phi) is 7.26. The molecule has 0 aliphatic heterocycles. The number of hydrogen-bond acceptors (Lipinski definition) is 3. The second-order valence-electron chi connectivity index (χ2n) is 11.9. The summed E-state index contributed by atoms with van der Waals surface area (Å²) in [4.78, 5) is 30.5. The number of nitrogens with one attached hydrogen (secondary N) is 1. The van der Waals surface area contributed by atoms with Gasteiger partial charge < -0.3 is 15.2 Å². The first-order valence-corrected chi connectivity index (χ1v) is 13.7. The van der Waals surface area contributed by atoms with Crippen LogP contribution < -0.4 is 0 Å². The number of aromatic nitrogens is 2. The molecule has 0 bridgehead atoms. The molecular formula is C35H34N2O4. The third kappa shape index (κ3) is 5.92. The molecule has 4 aromatic rings. The summed E-state index contributed by atoms with van der Waals surface area (Å²) in [6.45, 7) is 9.25. The molecule has 3 aromatic carbocycles. The van der Waals surface area contributed by atoms with E-state index in [0.717, 1.165) is 70.0 Å². The molecule has 5 rings (SSSR count). The Morgan fingerprint density at radius 2 is 1.20 bits per heavy atom. The van der Waals surface area contributed by atoms with Crippen LogP contribution in [0.25, 0.3) is 46.1 Å². The van der Waals surface area contributed by atoms with Gasteiger partial charge in [-0.2, -0.15) is 0 Å². The number of carboxylic acids is 2. The number of carbonyl (C=O) groups is 2. The average molecular weight is 547 g/mol. The SMILES string of the molecule is CC1(C)CCC(C)(C)c2cc(-c3nc(-c4ccc(C=CC(=O)O)cc4)c(-c4ccc(C=CC(=O)O)cc4)[nH]3)ccc21. The summed E-state index contributed by atoms with van der Waals surface area (Å²) < 4.78 is 0. The van der Waals surface area contributed by atoms with Crippen LogP contribution in [0, 0.1) is 0 Å². The van der Waals surface area contributed by atoms with E-state index in [0.29, 0.717) is 0 Å². The number of hydrogen-bond donors (Lipinski definition) is 3. The lowest BCUT2D eigenvalue weighted by Gasteiger charge is -2.42. The molecule has 0 unspecified atom stereocenters. The van der Waals surface area contributed by atoms with Crippen LogP contribution in [0.15, 0.2) is 78.9 Å². The van der Waals surface area contributed by atoms with E-state index < -0.39 is 11.9 Å². The number of nitrogens with zero attached hydrogens (tertiary/aromatic N) is 1. The first kappa shape index (κ1) is 27.8. The number of benzene rings is 3. The van der Waals surface area contributed by atoms with Crippen LogP contribution in [0.4, 0.5) is 0 Å². The standard InChI is InChI=1S/C35H34N2O4/c1-34(2)19-20-35(3,4)28-21-26(15-16-27(28)34)33-36-31(24-11-5-22(6-12-24)9-17-29(38)39)32(37-33)25-13-7-23(8-14-25)10-18-30(40)41/h5-18,21H,19-20H2,1-4H3,(H,36,37)(H,38,39)(H,40,41). The van der Waals surface area contributed by atoms with E-state index in [-0.39, 0.29) is 10.8 Å². The Morgan fingerprint density at radius 1 is 0.707 bits per heavy atom. The van der Waals surface area contributed by atoms with Crippen LogP contribution >= 0.6 is 0 Å². The molecule has 0 amide bonds. The fraction of sp³-hybridized carbons (Fsp3) is 0.229. The molecule has 0 fully saturated rings. The van der Waals surface area contributed by atoms with Gasteiger partial charge in [0.15, 0.2) is 0 Å². The van der Waals surface area contributed by atoms with Gasteiger partial charge in [-0.05, 0) is 64.1 Å². The molecule has 1 heterocycles. The molecule has 0 spiro atoms. The molecule has 0 saturated heterocycles. The largest absolute Gasteiger partial charge is 0.478 e. The number of imidazole rings is 1. The van der Waals surface area contributed by atoms with Crippen LogP contribution in [0.1, 0.15) is 62.8 Å². The minimum absolute atomic E-state index is 0.0672. The topological polar surface area (TPSA) is 103 Å². The molecule has 6 nitrogen and oxygen atoms in total. The highest BCUT2D eigenvalue weighted by Crippen LogP contribution is 2.47. The van der Waals surface area contributed by atoms with Crippen molar-refractivity contribution in [3.05, 3.63) is 101 Å². The number of aliphatic carboxylic acids is 2. The molecule has 1 aromatic heterocycles. The molecular weight excluding hydrogens is 512 g/mol. The maximum atomic E-state index is 10.9. The molecule has 0 atom stereocenters. The second kappa shape index (κ2) is 10.7. The third-order valence-electron chi connectivity index (χ3n) is 8.05. The molecule has 3 N–H and O–H groups in total. The average Bonchev–Trinajstić information content (AvgIpc) is 3.39. The number of carboxylic acid groups (broad SMARTS) is 2. The smallest absolute Gasteiger partial charge is 0.328 e. The van der Waals surface area contributed by atoms with Gasteiger partial charge in [0, 0.05) is 28.8 Å². The van der Waals surface area contributed by atoms with Gasteiger partial charge in [0.05, 0.1) is 11.4 Å². The van der Waals surface area contributed by atoms with E-state index in [2.05, 4.69) is 50.9 Å². The van der Waals surface area contributed by atoms with E-state index in [1.165, 1.54) is 11.1 Å². The van der Waals surface area contributed by atoms with E-state index in [4.69, 9.17) is 15.2 Å². The highest BCUT2D eigenvalue weighted by atomic mass is 16.4. The van der Waals surface area contributed by atoms with Crippen LogP contribution in [0.2, 0.25) is 0 Å². The number of H-pyrrole nitrogens is 1. The van der Waals surface area contributed by atoms with Crippen molar-refractivity contribution in [3.8, 4) is 33.9 Å². The van der Waals surface area contributed by atoms with Crippen LogP contribution in [0.5, 0.6) is 0 Å². The van der Waals surface area contributed by atoms with Crippen molar-refractivity contribution in [2.24, 2.45) is 0 Å². The van der Waals surface area contributed by atoms with Gasteiger partial charge in [0.2, 0.25) is 0 Å². The van der Waals surface area contributed by atoms with E-state index in [1.807, 2.05) is 48.5 Å². The van der Waals surface area contributed by atoms with Crippen molar-refractivity contribution in [1.82, 2.24) is 9.97 Å². The van der Waals surface area contributed by atoms with Crippen molar-refractivity contribution in [2.75, 3.05) is 0 Å². The summed E-state index contributed by atoms with van der Waals surface area (Å²) in [6, 6.07) is 21.9. The van der Waals surface area contributed by atoms with Crippen molar-refractivity contribution < 1.29 is 19.8 Å². The lowest BCUT2D eigenvalue weighted by atomic mass is 9.63. The normalized spacial score (nSPS) is 15.7. The highest BCUT2D eigenvalue weighted by Gasteiger charge is 2.37. The molecule has 0 radical (unpaired) electrons. The van der Waals surface area contributed by atoms with Crippen molar-refractivity contribution in [2.45, 2.75) is 51.4 Å². The Bertz CT molecular complexity index is 1590. The quantitative estimate of drug-likeness (QED) is 0.204. The van der Waals surface area contributed by atoms with Crippen LogP contribution in [-0.2, 0) is 20.4 Å². The number of fused-ring (bicyclic) bond motifs is 1. The Morgan fingerprint density at radius 3 is 1.73 bits per heavy atom. The van der Waals surface area contributed by atoms with Crippen LogP contribution in [0.3, 0.4) is 0 Å². The van der Waals surface area contributed by atoms with Crippen molar-refractivity contribution in [3.63, 3.8) is 0 Å². The lowest BCUT2D eigenvalue weighted by molar-refractivity contribution is -0.132. The van der Waals surface area contributed by atoms with Crippen molar-refractivity contribution >= 4 is 24.1 Å². The summed E-state index contributed by atoms with van der Waals surface area (Å²) in [5.74, 6) is -1.22. The van der Waals surface area contributed by atoms with E-state index in [9.17, 15) is 9.59 Å². The zero-order valence-corrected chi connectivity index (χ0v) is 23.7. The zero-order valence-electron chi connectivity index (χ0n) is 23.7. The fourth-order valence-corrected chi connectivity index (χ4v) is 5.51. The maximum absolute atomic E-state index is 10.9. The highest BCUT2D eigenvalue weighted by molar-refractivity contribution is 5.87. The molecule has 41 heavy (non-hydrogen) atoms. The summed E-state index contributed by atoms with van der Waals surface area (Å²) in [5, 5.41) is 17.9. The maximum Gasteiger partial charge on any atom is 0.328 e. The molecule has 1 aliphatic carbocycles. The minimum Gasteiger partial charge on any atom is -0.478 e. The lowest BCUT2D eigenvalue weighted by Crippen LogP contribution is -2.33. The summed E-state index contributed by atoms with van der Waals surface area (Å²) in [5.41, 5.74) is 8.95. The zero-order chi connectivity index (χ0) is 29.4. The van der Waals surface area contributed by atoms with Gasteiger partial charge in [-0.3, -0.25) is 0 Å². The molecule has 6 heteroatoms. The Hall–Kier alpha value is -4.71. The predicted octanol–water partition coefficient (Wildman–Crippen LogP) is 7.96. The second-order valence-corrected chi connectivity index (χ2v) is 11.9. The fourth-order valence-electron chi connectivity index (χ4n) is 5.51. The third-order valence-corrected chi connectivity index (χ3v) is 8.05. The Labute approximate surface area is 240 Å². The molecule has 0 saturated carbocycles.